The van der Waals surface area contributed by atoms with Gasteiger partial charge in [0.1, 0.15) is 5.84 Å². The van der Waals surface area contributed by atoms with Crippen molar-refractivity contribution < 1.29 is 0 Å². The number of nitrogens with one attached hydrogen (secondary N) is 1. The molecular weight excluding hydrogens is 304 g/mol. The van der Waals surface area contributed by atoms with Crippen molar-refractivity contribution in [1.82, 2.24) is 4.98 Å². The molecule has 0 aliphatic heterocycles. The molecule has 0 saturated carbocycles. The van der Waals surface area contributed by atoms with Gasteiger partial charge in [0.2, 0.25) is 0 Å². The van der Waals surface area contributed by atoms with Crippen molar-refractivity contribution in [2.75, 3.05) is 11.9 Å². The van der Waals surface area contributed by atoms with E-state index in [0.29, 0.717) is 6.54 Å². The smallest absolute Gasteiger partial charge is 0.122 e. The van der Waals surface area contributed by atoms with E-state index in [-0.39, 0.29) is 5.84 Å². The fourth-order valence-corrected chi connectivity index (χ4v) is 1.98. The summed E-state index contributed by atoms with van der Waals surface area (Å²) in [6.07, 6.45) is 1.79. The van der Waals surface area contributed by atoms with Gasteiger partial charge in [-0.3, -0.25) is 10.4 Å². The first-order chi connectivity index (χ1) is 9.06. The number of benzene rings is 1. The number of nitrogens with two attached hydrogens (primary N) is 1. The lowest BCUT2D eigenvalue weighted by Gasteiger charge is -2.19. The molecule has 4 nitrogen and oxygen atoms in total. The number of rotatable bonds is 4. The molecule has 0 spiro atoms. The third-order valence-electron chi connectivity index (χ3n) is 2.79. The number of aromatic nitrogens is 1. The second-order valence-electron chi connectivity index (χ2n) is 4.29. The van der Waals surface area contributed by atoms with Crippen LogP contribution in [0.1, 0.15) is 11.3 Å². The van der Waals surface area contributed by atoms with Gasteiger partial charge in [-0.15, -0.1) is 0 Å². The minimum atomic E-state index is 0.0806. The zero-order valence-corrected chi connectivity index (χ0v) is 12.2. The molecule has 0 fully saturated rings. The van der Waals surface area contributed by atoms with Crippen LogP contribution in [0.15, 0.2) is 47.1 Å². The number of pyridine rings is 1. The number of amidine groups is 1. The summed E-state index contributed by atoms with van der Waals surface area (Å²) in [5.41, 5.74) is 8.23. The van der Waals surface area contributed by atoms with E-state index in [9.17, 15) is 0 Å². The van der Waals surface area contributed by atoms with E-state index in [0.717, 1.165) is 21.4 Å². The summed E-state index contributed by atoms with van der Waals surface area (Å²) in [6, 6.07) is 11.6. The zero-order chi connectivity index (χ0) is 13.8. The van der Waals surface area contributed by atoms with Crippen molar-refractivity contribution in [3.63, 3.8) is 0 Å². The fourth-order valence-electron chi connectivity index (χ4n) is 1.75. The monoisotopic (exact) mass is 318 g/mol. The molecule has 0 amide bonds. The maximum absolute atomic E-state index is 7.46. The number of nitrogens with zero attached hydrogens (tertiary/aromatic N) is 2. The molecule has 0 aliphatic rings. The average molecular weight is 319 g/mol. The number of hydrogen-bond donors (Lipinski definition) is 2. The summed E-state index contributed by atoms with van der Waals surface area (Å²) in [4.78, 5) is 6.42. The Bertz CT molecular complexity index is 580. The Morgan fingerprint density at radius 1 is 1.37 bits per heavy atom. The van der Waals surface area contributed by atoms with Crippen LogP contribution in [0.2, 0.25) is 0 Å². The van der Waals surface area contributed by atoms with E-state index in [4.69, 9.17) is 11.1 Å². The van der Waals surface area contributed by atoms with Crippen LogP contribution in [0.25, 0.3) is 0 Å². The summed E-state index contributed by atoms with van der Waals surface area (Å²) in [6.45, 7) is 0.703. The predicted molar refractivity (Wildman–Crippen MR) is 81.5 cm³/mol. The molecule has 2 rings (SSSR count). The highest BCUT2D eigenvalue weighted by molar-refractivity contribution is 9.10. The van der Waals surface area contributed by atoms with Gasteiger partial charge in [-0.1, -0.05) is 12.1 Å². The largest absolute Gasteiger partial charge is 0.384 e. The molecule has 1 heterocycles. The Balaban J connectivity index is 2.15. The highest BCUT2D eigenvalue weighted by atomic mass is 79.9. The van der Waals surface area contributed by atoms with Crippen LogP contribution in [0.3, 0.4) is 0 Å². The van der Waals surface area contributed by atoms with Crippen LogP contribution in [-0.4, -0.2) is 17.9 Å². The maximum atomic E-state index is 7.46. The molecule has 0 bridgehead atoms. The van der Waals surface area contributed by atoms with Crippen molar-refractivity contribution in [2.45, 2.75) is 6.54 Å². The van der Waals surface area contributed by atoms with Gasteiger partial charge in [0, 0.05) is 29.0 Å². The maximum Gasteiger partial charge on any atom is 0.122 e. The summed E-state index contributed by atoms with van der Waals surface area (Å²) < 4.78 is 0.970. The number of anilines is 1. The van der Waals surface area contributed by atoms with Gasteiger partial charge in [0.15, 0.2) is 0 Å². The summed E-state index contributed by atoms with van der Waals surface area (Å²) in [7, 11) is 1.99. The van der Waals surface area contributed by atoms with Gasteiger partial charge in [-0.2, -0.15) is 0 Å². The lowest BCUT2D eigenvalue weighted by atomic mass is 10.1. The minimum absolute atomic E-state index is 0.0806. The Morgan fingerprint density at radius 3 is 2.79 bits per heavy atom. The molecule has 0 saturated heterocycles. The Kier molecular flexibility index (Phi) is 4.16. The Morgan fingerprint density at radius 2 is 2.16 bits per heavy atom. The van der Waals surface area contributed by atoms with Crippen molar-refractivity contribution in [2.24, 2.45) is 5.73 Å². The van der Waals surface area contributed by atoms with E-state index in [1.165, 1.54) is 0 Å². The molecule has 5 heteroatoms. The van der Waals surface area contributed by atoms with Crippen LogP contribution in [0.5, 0.6) is 0 Å². The van der Waals surface area contributed by atoms with E-state index >= 15 is 0 Å². The van der Waals surface area contributed by atoms with Crippen molar-refractivity contribution in [3.8, 4) is 0 Å². The predicted octanol–water partition coefficient (Wildman–Crippen LogP) is 2.76. The average Bonchev–Trinajstić information content (AvgIpc) is 2.41. The molecule has 1 aromatic carbocycles. The molecule has 0 atom stereocenters. The molecule has 3 N–H and O–H groups in total. The Labute approximate surface area is 120 Å². The van der Waals surface area contributed by atoms with Gasteiger partial charge in [-0.25, -0.2) is 0 Å². The van der Waals surface area contributed by atoms with Crippen LogP contribution < -0.4 is 10.6 Å². The Hall–Kier alpha value is -1.88. The van der Waals surface area contributed by atoms with Crippen LogP contribution in [0, 0.1) is 5.41 Å². The van der Waals surface area contributed by atoms with Crippen LogP contribution in [-0.2, 0) is 6.54 Å². The highest BCUT2D eigenvalue weighted by Gasteiger charge is 2.05. The number of nitrogen functional groups attached to an aromatic ring is 1. The first kappa shape index (κ1) is 13.5. The molecule has 1 aromatic heterocycles. The molecule has 0 radical (unpaired) electrons. The van der Waals surface area contributed by atoms with Gasteiger partial charge >= 0.3 is 0 Å². The van der Waals surface area contributed by atoms with Gasteiger partial charge in [-0.05, 0) is 40.2 Å². The molecular formula is C14H15BrN4. The van der Waals surface area contributed by atoms with Crippen molar-refractivity contribution in [3.05, 3.63) is 58.3 Å². The first-order valence-corrected chi connectivity index (χ1v) is 6.61. The summed E-state index contributed by atoms with van der Waals surface area (Å²) >= 11 is 3.37. The quantitative estimate of drug-likeness (QED) is 0.673. The third-order valence-corrected chi connectivity index (χ3v) is 3.25. The second-order valence-corrected chi connectivity index (χ2v) is 5.20. The first-order valence-electron chi connectivity index (χ1n) is 5.82. The van der Waals surface area contributed by atoms with Gasteiger partial charge in [0.25, 0.3) is 0 Å². The molecule has 0 unspecified atom stereocenters. The highest BCUT2D eigenvalue weighted by Crippen LogP contribution is 2.17. The number of hydrogen-bond acceptors (Lipinski definition) is 3. The van der Waals surface area contributed by atoms with Gasteiger partial charge < -0.3 is 10.6 Å². The standard InChI is InChI=1S/C14H15BrN4/c1-19(9-12-6-5-11(15)8-18-12)13-4-2-3-10(7-13)14(16)17/h2-8H,9H2,1H3,(H3,16,17). The van der Waals surface area contributed by atoms with Crippen molar-refractivity contribution >= 4 is 27.5 Å². The van der Waals surface area contributed by atoms with E-state index in [1.54, 1.807) is 6.20 Å². The molecule has 98 valence electrons. The lowest BCUT2D eigenvalue weighted by Crippen LogP contribution is -2.18. The van der Waals surface area contributed by atoms with Gasteiger partial charge in [0.05, 0.1) is 12.2 Å². The normalized spacial score (nSPS) is 10.2. The third kappa shape index (κ3) is 3.54. The topological polar surface area (TPSA) is 66.0 Å². The van der Waals surface area contributed by atoms with Crippen LogP contribution >= 0.6 is 15.9 Å². The molecule has 2 aromatic rings. The van der Waals surface area contributed by atoms with Crippen LogP contribution in [0.4, 0.5) is 5.69 Å². The van der Waals surface area contributed by atoms with E-state index in [1.807, 2.05) is 43.4 Å². The number of halogens is 1. The lowest BCUT2D eigenvalue weighted by molar-refractivity contribution is 0.884. The fraction of sp³-hybridized carbons (Fsp3) is 0.143. The SMILES string of the molecule is CN(Cc1ccc(Br)cn1)c1cccc(C(=N)N)c1. The molecule has 19 heavy (non-hydrogen) atoms. The summed E-state index contributed by atoms with van der Waals surface area (Å²) in [5.74, 6) is 0.0806. The zero-order valence-electron chi connectivity index (χ0n) is 10.6. The summed E-state index contributed by atoms with van der Waals surface area (Å²) in [5, 5.41) is 7.46. The molecule has 0 aliphatic carbocycles. The second kappa shape index (κ2) is 5.84. The van der Waals surface area contributed by atoms with Crippen molar-refractivity contribution in [1.29, 1.82) is 5.41 Å². The van der Waals surface area contributed by atoms with E-state index < -0.39 is 0 Å². The minimum Gasteiger partial charge on any atom is -0.384 e. The van der Waals surface area contributed by atoms with E-state index in [2.05, 4.69) is 25.8 Å².